The number of hydrogen-bond donors (Lipinski definition) is 0. The van der Waals surface area contributed by atoms with Crippen LogP contribution in [0.1, 0.15) is 36.5 Å². The number of rotatable bonds is 4. The van der Waals surface area contributed by atoms with Crippen molar-refractivity contribution < 1.29 is 14.3 Å². The van der Waals surface area contributed by atoms with Crippen LogP contribution in [0.5, 0.6) is 0 Å². The highest BCUT2D eigenvalue weighted by Gasteiger charge is 2.26. The number of benzene rings is 1. The van der Waals surface area contributed by atoms with Gasteiger partial charge in [-0.05, 0) is 48.9 Å². The van der Waals surface area contributed by atoms with E-state index in [1.165, 1.54) is 0 Å². The lowest BCUT2D eigenvalue weighted by Crippen LogP contribution is -2.09. The maximum Gasteiger partial charge on any atom is 0.343 e. The summed E-state index contributed by atoms with van der Waals surface area (Å²) in [7, 11) is 0. The fourth-order valence-electron chi connectivity index (χ4n) is 2.03. The first kappa shape index (κ1) is 13.9. The minimum absolute atomic E-state index is 0.0640. The summed E-state index contributed by atoms with van der Waals surface area (Å²) in [5.41, 5.74) is 1.42. The van der Waals surface area contributed by atoms with Gasteiger partial charge in [0.2, 0.25) is 0 Å². The largest absolute Gasteiger partial charge is 0.419 e. The van der Waals surface area contributed by atoms with Gasteiger partial charge in [0.05, 0.1) is 5.56 Å². The molecule has 0 heterocycles. The van der Waals surface area contributed by atoms with Gasteiger partial charge in [0, 0.05) is 11.3 Å². The molecule has 1 aromatic carbocycles. The Hall–Kier alpha value is -1.55. The van der Waals surface area contributed by atoms with Crippen LogP contribution in [-0.4, -0.2) is 18.0 Å². The van der Waals surface area contributed by atoms with E-state index >= 15 is 0 Å². The first-order valence-corrected chi connectivity index (χ1v) is 7.49. The van der Waals surface area contributed by atoms with Crippen LogP contribution in [0.25, 0.3) is 0 Å². The number of ether oxygens (including phenoxy) is 1. The lowest BCUT2D eigenvalue weighted by molar-refractivity contribution is -0.117. The third kappa shape index (κ3) is 3.07. The zero-order valence-electron chi connectivity index (χ0n) is 11.1. The van der Waals surface area contributed by atoms with Crippen molar-refractivity contribution in [1.82, 2.24) is 0 Å². The molecule has 0 fully saturated rings. The molecule has 4 heteroatoms. The normalized spacial score (nSPS) is 14.9. The Kier molecular flexibility index (Phi) is 4.43. The molecule has 0 aliphatic heterocycles. The van der Waals surface area contributed by atoms with Gasteiger partial charge < -0.3 is 4.74 Å². The number of carbonyl (C=O) groups is 2. The van der Waals surface area contributed by atoms with Crippen molar-refractivity contribution in [2.24, 2.45) is 0 Å². The Morgan fingerprint density at radius 1 is 1.26 bits per heavy atom. The van der Waals surface area contributed by atoms with Crippen LogP contribution in [-0.2, 0) is 9.53 Å². The Morgan fingerprint density at radius 3 is 2.53 bits per heavy atom. The van der Waals surface area contributed by atoms with E-state index in [1.54, 1.807) is 23.9 Å². The third-order valence-corrected chi connectivity index (χ3v) is 3.92. The van der Waals surface area contributed by atoms with Gasteiger partial charge >= 0.3 is 5.97 Å². The summed E-state index contributed by atoms with van der Waals surface area (Å²) in [4.78, 5) is 24.7. The molecule has 0 radical (unpaired) electrons. The average Bonchev–Trinajstić information content (AvgIpc) is 2.79. The highest BCUT2D eigenvalue weighted by molar-refractivity contribution is 7.98. The van der Waals surface area contributed by atoms with E-state index in [4.69, 9.17) is 4.74 Å². The number of allylic oxidation sites excluding steroid dienone is 2. The van der Waals surface area contributed by atoms with Gasteiger partial charge in [0.25, 0.3) is 0 Å². The fourth-order valence-corrected chi connectivity index (χ4v) is 2.44. The zero-order valence-corrected chi connectivity index (χ0v) is 11.9. The molecule has 0 atom stereocenters. The molecule has 2 rings (SSSR count). The van der Waals surface area contributed by atoms with Gasteiger partial charge in [0.15, 0.2) is 11.5 Å². The van der Waals surface area contributed by atoms with E-state index in [0.29, 0.717) is 18.4 Å². The molecular formula is C15H16O3S. The van der Waals surface area contributed by atoms with Gasteiger partial charge in [-0.2, -0.15) is 0 Å². The van der Waals surface area contributed by atoms with Gasteiger partial charge in [-0.1, -0.05) is 6.92 Å². The summed E-state index contributed by atoms with van der Waals surface area (Å²) in [6.07, 6.45) is 3.89. The minimum atomic E-state index is -0.455. The molecule has 0 bridgehead atoms. The first-order chi connectivity index (χ1) is 9.15. The monoisotopic (exact) mass is 276 g/mol. The maximum absolute atomic E-state index is 12.0. The fraction of sp³-hybridized carbons (Fsp3) is 0.333. The van der Waals surface area contributed by atoms with E-state index in [2.05, 4.69) is 0 Å². The van der Waals surface area contributed by atoms with Crippen LogP contribution in [0.4, 0.5) is 0 Å². The van der Waals surface area contributed by atoms with E-state index in [1.807, 2.05) is 25.3 Å². The van der Waals surface area contributed by atoms with Crippen molar-refractivity contribution in [2.75, 3.05) is 6.26 Å². The predicted octanol–water partition coefficient (Wildman–Crippen LogP) is 3.59. The molecule has 0 saturated heterocycles. The SMILES string of the molecule is CCC1=C(OC(=O)c2ccc(SC)cc2)C(=O)CC1. The average molecular weight is 276 g/mol. The third-order valence-electron chi connectivity index (χ3n) is 3.18. The molecule has 0 saturated carbocycles. The number of carbonyl (C=O) groups excluding carboxylic acids is 2. The maximum atomic E-state index is 12.0. The molecule has 1 aliphatic carbocycles. The van der Waals surface area contributed by atoms with Crippen molar-refractivity contribution in [2.45, 2.75) is 31.1 Å². The molecule has 1 aromatic rings. The Morgan fingerprint density at radius 2 is 1.95 bits per heavy atom. The van der Waals surface area contributed by atoms with Crippen LogP contribution in [0.3, 0.4) is 0 Å². The summed E-state index contributed by atoms with van der Waals surface area (Å²) in [5, 5.41) is 0. The lowest BCUT2D eigenvalue weighted by atomic mass is 10.2. The van der Waals surface area contributed by atoms with Gasteiger partial charge in [-0.25, -0.2) is 4.79 Å². The molecule has 3 nitrogen and oxygen atoms in total. The van der Waals surface area contributed by atoms with Crippen molar-refractivity contribution in [3.05, 3.63) is 41.2 Å². The topological polar surface area (TPSA) is 43.4 Å². The first-order valence-electron chi connectivity index (χ1n) is 6.27. The van der Waals surface area contributed by atoms with Crippen LogP contribution in [0.15, 0.2) is 40.5 Å². The van der Waals surface area contributed by atoms with E-state index < -0.39 is 5.97 Å². The summed E-state index contributed by atoms with van der Waals surface area (Å²) < 4.78 is 5.27. The van der Waals surface area contributed by atoms with Gasteiger partial charge in [0.1, 0.15) is 0 Å². The second kappa shape index (κ2) is 6.06. The number of thioether (sulfide) groups is 1. The molecule has 0 spiro atoms. The second-order valence-corrected chi connectivity index (χ2v) is 5.21. The van der Waals surface area contributed by atoms with Crippen molar-refractivity contribution in [1.29, 1.82) is 0 Å². The summed E-state index contributed by atoms with van der Waals surface area (Å²) in [5.74, 6) is -0.253. The quantitative estimate of drug-likeness (QED) is 0.622. The number of Topliss-reactive ketones (excluding diaryl/α,β-unsaturated/α-hetero) is 1. The van der Waals surface area contributed by atoms with Gasteiger partial charge in [-0.15, -0.1) is 11.8 Å². The highest BCUT2D eigenvalue weighted by atomic mass is 32.2. The van der Waals surface area contributed by atoms with E-state index in [0.717, 1.165) is 16.9 Å². The highest BCUT2D eigenvalue weighted by Crippen LogP contribution is 2.27. The Labute approximate surface area is 117 Å². The summed E-state index contributed by atoms with van der Waals surface area (Å²) in [6, 6.07) is 7.18. The van der Waals surface area contributed by atoms with Crippen LogP contribution >= 0.6 is 11.8 Å². The number of hydrogen-bond acceptors (Lipinski definition) is 4. The van der Waals surface area contributed by atoms with Gasteiger partial charge in [-0.3, -0.25) is 4.79 Å². The molecule has 0 amide bonds. The van der Waals surface area contributed by atoms with E-state index in [-0.39, 0.29) is 11.5 Å². The molecule has 1 aliphatic rings. The number of esters is 1. The van der Waals surface area contributed by atoms with Crippen molar-refractivity contribution in [3.8, 4) is 0 Å². The second-order valence-electron chi connectivity index (χ2n) is 4.33. The smallest absolute Gasteiger partial charge is 0.343 e. The van der Waals surface area contributed by atoms with Crippen LogP contribution < -0.4 is 0 Å². The standard InChI is InChI=1S/C15H16O3S/c1-3-10-6-9-13(16)14(10)18-15(17)11-4-7-12(19-2)8-5-11/h4-5,7-8H,3,6,9H2,1-2H3. The molecule has 100 valence electrons. The summed E-state index contributed by atoms with van der Waals surface area (Å²) >= 11 is 1.61. The minimum Gasteiger partial charge on any atom is -0.419 e. The number of ketones is 1. The van der Waals surface area contributed by atoms with E-state index in [9.17, 15) is 9.59 Å². The molecule has 0 N–H and O–H groups in total. The Balaban J connectivity index is 2.14. The molecule has 0 unspecified atom stereocenters. The predicted molar refractivity (Wildman–Crippen MR) is 75.2 cm³/mol. The molecule has 0 aromatic heterocycles. The molecule has 19 heavy (non-hydrogen) atoms. The van der Waals surface area contributed by atoms with Crippen LogP contribution in [0.2, 0.25) is 0 Å². The van der Waals surface area contributed by atoms with Crippen LogP contribution in [0, 0.1) is 0 Å². The summed E-state index contributed by atoms with van der Waals surface area (Å²) in [6.45, 7) is 1.97. The Bertz CT molecular complexity index is 529. The zero-order chi connectivity index (χ0) is 13.8. The lowest BCUT2D eigenvalue weighted by Gasteiger charge is -2.06. The van der Waals surface area contributed by atoms with Crippen molar-refractivity contribution in [3.63, 3.8) is 0 Å². The molecular weight excluding hydrogens is 260 g/mol. The van der Waals surface area contributed by atoms with Crippen molar-refractivity contribution >= 4 is 23.5 Å².